The lowest BCUT2D eigenvalue weighted by Gasteiger charge is -2.11. The maximum atomic E-state index is 14.4. The molecule has 2 aromatic carbocycles. The number of amides is 1. The molecule has 0 unspecified atom stereocenters. The van der Waals surface area contributed by atoms with Crippen LogP contribution in [0.3, 0.4) is 0 Å². The Balaban J connectivity index is 1.55. The Morgan fingerprint density at radius 2 is 1.79 bits per heavy atom. The van der Waals surface area contributed by atoms with Gasteiger partial charge in [0.05, 0.1) is 0 Å². The lowest BCUT2D eigenvalue weighted by atomic mass is 10.2. The largest absolute Gasteiger partial charge is 0.433 e. The van der Waals surface area contributed by atoms with E-state index in [1.54, 1.807) is 0 Å². The molecule has 0 atom stereocenters. The zero-order chi connectivity index (χ0) is 23.5. The molecule has 4 aromatic rings. The van der Waals surface area contributed by atoms with Crippen LogP contribution in [0.2, 0.25) is 0 Å². The van der Waals surface area contributed by atoms with Crippen LogP contribution in [0, 0.1) is 17.5 Å². The van der Waals surface area contributed by atoms with E-state index in [9.17, 15) is 22.8 Å². The van der Waals surface area contributed by atoms with Crippen LogP contribution in [0.4, 0.5) is 24.7 Å². The molecule has 0 fully saturated rings. The van der Waals surface area contributed by atoms with Crippen molar-refractivity contribution >= 4 is 17.4 Å². The summed E-state index contributed by atoms with van der Waals surface area (Å²) in [7, 11) is 0. The first-order chi connectivity index (χ1) is 15.8. The van der Waals surface area contributed by atoms with Crippen molar-refractivity contribution in [2.45, 2.75) is 0 Å². The molecule has 0 aliphatic carbocycles. The number of nitrogens with one attached hydrogen (secondary N) is 1. The lowest BCUT2D eigenvalue weighted by Crippen LogP contribution is -2.27. The van der Waals surface area contributed by atoms with Crippen molar-refractivity contribution in [3.05, 3.63) is 100 Å². The van der Waals surface area contributed by atoms with Crippen LogP contribution in [0.1, 0.15) is 10.4 Å². The fraction of sp³-hybridized carbons (Fsp3) is 0. The quantitative estimate of drug-likeness (QED) is 0.477. The summed E-state index contributed by atoms with van der Waals surface area (Å²) in [6.07, 6.45) is 2.38. The van der Waals surface area contributed by atoms with Crippen LogP contribution >= 0.6 is 0 Å². The molecule has 4 rings (SSSR count). The Labute approximate surface area is 184 Å². The average Bonchev–Trinajstić information content (AvgIpc) is 2.79. The first-order valence-electron chi connectivity index (χ1n) is 9.36. The van der Waals surface area contributed by atoms with E-state index in [1.165, 1.54) is 53.2 Å². The van der Waals surface area contributed by atoms with Gasteiger partial charge >= 0.3 is 0 Å². The molecule has 0 aliphatic rings. The summed E-state index contributed by atoms with van der Waals surface area (Å²) in [6, 6.07) is 11.3. The molecule has 0 aliphatic heterocycles. The highest BCUT2D eigenvalue weighted by Gasteiger charge is 2.16. The van der Waals surface area contributed by atoms with Gasteiger partial charge in [-0.2, -0.15) is 9.37 Å². The van der Waals surface area contributed by atoms with E-state index in [-0.39, 0.29) is 17.0 Å². The molecule has 0 bridgehead atoms. The normalized spacial score (nSPS) is 10.6. The number of halogens is 3. The van der Waals surface area contributed by atoms with Crippen LogP contribution in [-0.4, -0.2) is 20.4 Å². The van der Waals surface area contributed by atoms with E-state index in [0.717, 1.165) is 18.5 Å². The summed E-state index contributed by atoms with van der Waals surface area (Å²) in [4.78, 5) is 32.3. The van der Waals surface area contributed by atoms with E-state index < -0.39 is 40.6 Å². The highest BCUT2D eigenvalue weighted by atomic mass is 19.1. The summed E-state index contributed by atoms with van der Waals surface area (Å²) in [5.74, 6) is -4.64. The Morgan fingerprint density at radius 1 is 1.03 bits per heavy atom. The fourth-order valence-electron chi connectivity index (χ4n) is 2.87. The van der Waals surface area contributed by atoms with Gasteiger partial charge in [-0.3, -0.25) is 14.2 Å². The molecule has 0 spiro atoms. The third-order valence-electron chi connectivity index (χ3n) is 4.48. The Bertz CT molecular complexity index is 1410. The van der Waals surface area contributed by atoms with Crippen LogP contribution in [0.25, 0.3) is 5.69 Å². The maximum absolute atomic E-state index is 14.4. The first-order valence-corrected chi connectivity index (χ1v) is 9.36. The van der Waals surface area contributed by atoms with Crippen molar-refractivity contribution in [2.75, 3.05) is 11.1 Å². The van der Waals surface area contributed by atoms with E-state index in [0.29, 0.717) is 5.69 Å². The van der Waals surface area contributed by atoms with Crippen molar-refractivity contribution in [3.63, 3.8) is 0 Å². The zero-order valence-corrected chi connectivity index (χ0v) is 16.6. The van der Waals surface area contributed by atoms with Gasteiger partial charge in [0.2, 0.25) is 5.82 Å². The molecular weight excluding hydrogens is 439 g/mol. The fourth-order valence-corrected chi connectivity index (χ4v) is 2.87. The van der Waals surface area contributed by atoms with Crippen LogP contribution < -0.4 is 21.3 Å². The highest BCUT2D eigenvalue weighted by Crippen LogP contribution is 2.28. The zero-order valence-electron chi connectivity index (χ0n) is 16.6. The molecule has 0 saturated heterocycles. The van der Waals surface area contributed by atoms with Gasteiger partial charge in [0.1, 0.15) is 17.7 Å². The lowest BCUT2D eigenvalue weighted by molar-refractivity contribution is 0.102. The molecule has 1 amide bonds. The molecule has 11 heteroatoms. The van der Waals surface area contributed by atoms with Gasteiger partial charge in [0.25, 0.3) is 17.3 Å². The minimum atomic E-state index is -1.05. The van der Waals surface area contributed by atoms with E-state index in [2.05, 4.69) is 15.3 Å². The maximum Gasteiger partial charge on any atom is 0.267 e. The number of nitrogen functional groups attached to an aromatic ring is 1. The standard InChI is InChI=1S/C22H14F3N5O3/c23-12-3-6-14(7-4-12)30-9-1-2-15(22(30)32)20(31)29-13-5-8-17(16(24)10-13)33-21-18(25)19(26)27-11-28-21/h1-11H,(H,29,31)(H2,26,27,28). The molecule has 8 nitrogen and oxygen atoms in total. The number of nitrogens with two attached hydrogens (primary N) is 1. The van der Waals surface area contributed by atoms with Crippen molar-refractivity contribution in [1.29, 1.82) is 0 Å². The van der Waals surface area contributed by atoms with Crippen molar-refractivity contribution in [3.8, 4) is 17.3 Å². The number of anilines is 2. The van der Waals surface area contributed by atoms with Gasteiger partial charge in [0.15, 0.2) is 17.4 Å². The van der Waals surface area contributed by atoms with E-state index in [4.69, 9.17) is 10.5 Å². The monoisotopic (exact) mass is 453 g/mol. The molecule has 3 N–H and O–H groups in total. The van der Waals surface area contributed by atoms with Gasteiger partial charge in [0, 0.05) is 23.6 Å². The van der Waals surface area contributed by atoms with Gasteiger partial charge in [-0.05, 0) is 48.5 Å². The topological polar surface area (TPSA) is 112 Å². The number of carbonyl (C=O) groups excluding carboxylic acids is 1. The van der Waals surface area contributed by atoms with E-state index >= 15 is 0 Å². The predicted octanol–water partition coefficient (Wildman–Crippen LogP) is 3.67. The summed E-state index contributed by atoms with van der Waals surface area (Å²) in [5, 5.41) is 2.41. The Hall–Kier alpha value is -4.67. The number of carbonyl (C=O) groups is 1. The first kappa shape index (κ1) is 21.6. The van der Waals surface area contributed by atoms with E-state index in [1.807, 2.05) is 0 Å². The summed E-state index contributed by atoms with van der Waals surface area (Å²) in [5.41, 5.74) is 4.83. The van der Waals surface area contributed by atoms with Crippen LogP contribution in [-0.2, 0) is 0 Å². The summed E-state index contributed by atoms with van der Waals surface area (Å²) in [6.45, 7) is 0. The third-order valence-corrected chi connectivity index (χ3v) is 4.48. The number of aromatic nitrogens is 3. The smallest absolute Gasteiger partial charge is 0.267 e. The average molecular weight is 453 g/mol. The minimum absolute atomic E-state index is 0.0177. The molecule has 0 saturated carbocycles. The number of hydrogen-bond donors (Lipinski definition) is 2. The number of nitrogens with zero attached hydrogens (tertiary/aromatic N) is 3. The van der Waals surface area contributed by atoms with Crippen molar-refractivity contribution < 1.29 is 22.7 Å². The second-order valence-electron chi connectivity index (χ2n) is 6.65. The second-order valence-corrected chi connectivity index (χ2v) is 6.65. The van der Waals surface area contributed by atoms with Crippen molar-refractivity contribution in [2.24, 2.45) is 0 Å². The number of ether oxygens (including phenoxy) is 1. The van der Waals surface area contributed by atoms with Gasteiger partial charge in [-0.1, -0.05) is 0 Å². The predicted molar refractivity (Wildman–Crippen MR) is 113 cm³/mol. The van der Waals surface area contributed by atoms with Crippen molar-refractivity contribution in [1.82, 2.24) is 14.5 Å². The Kier molecular flexibility index (Phi) is 5.77. The van der Waals surface area contributed by atoms with Crippen LogP contribution in [0.15, 0.2) is 71.9 Å². The van der Waals surface area contributed by atoms with Gasteiger partial charge < -0.3 is 15.8 Å². The third kappa shape index (κ3) is 4.51. The van der Waals surface area contributed by atoms with Crippen LogP contribution in [0.5, 0.6) is 11.6 Å². The molecule has 2 aromatic heterocycles. The number of hydrogen-bond acceptors (Lipinski definition) is 6. The highest BCUT2D eigenvalue weighted by molar-refractivity contribution is 6.04. The molecule has 2 heterocycles. The van der Waals surface area contributed by atoms with Gasteiger partial charge in [-0.25, -0.2) is 13.8 Å². The van der Waals surface area contributed by atoms with Gasteiger partial charge in [-0.15, -0.1) is 0 Å². The molecule has 33 heavy (non-hydrogen) atoms. The molecular formula is C22H14F3N5O3. The molecule has 166 valence electrons. The summed E-state index contributed by atoms with van der Waals surface area (Å²) < 4.78 is 47.7. The second kappa shape index (κ2) is 8.83. The summed E-state index contributed by atoms with van der Waals surface area (Å²) >= 11 is 0. The number of rotatable bonds is 5. The SMILES string of the molecule is Nc1ncnc(Oc2ccc(NC(=O)c3cccn(-c4ccc(F)cc4)c3=O)cc2F)c1F. The Morgan fingerprint density at radius 3 is 2.52 bits per heavy atom. The number of pyridine rings is 1. The minimum Gasteiger partial charge on any atom is -0.433 e. The number of benzene rings is 2. The molecule has 0 radical (unpaired) electrons.